The van der Waals surface area contributed by atoms with Crippen molar-refractivity contribution in [3.63, 3.8) is 0 Å². The van der Waals surface area contributed by atoms with Gasteiger partial charge >= 0.3 is 6.03 Å². The predicted octanol–water partition coefficient (Wildman–Crippen LogP) is 4.60. The lowest BCUT2D eigenvalue weighted by Crippen LogP contribution is -2.35. The van der Waals surface area contributed by atoms with Gasteiger partial charge in [0.05, 0.1) is 35.3 Å². The quantitative estimate of drug-likeness (QED) is 0.274. The van der Waals surface area contributed by atoms with Gasteiger partial charge in [-0.2, -0.15) is 13.5 Å². The Hall–Kier alpha value is -4.40. The summed E-state index contributed by atoms with van der Waals surface area (Å²) >= 11 is 6.23. The first-order valence-corrected chi connectivity index (χ1v) is 13.4. The highest BCUT2D eigenvalue weighted by Crippen LogP contribution is 2.34. The summed E-state index contributed by atoms with van der Waals surface area (Å²) in [5.41, 5.74) is 1.64. The number of aromatic nitrogens is 3. The Balaban J connectivity index is 0.000000810. The van der Waals surface area contributed by atoms with E-state index in [1.807, 2.05) is 0 Å². The molecule has 2 aromatic heterocycles. The number of carbonyl (C=O) groups excluding carboxylic acids is 2. The van der Waals surface area contributed by atoms with Crippen molar-refractivity contribution in [2.45, 2.75) is 6.42 Å². The van der Waals surface area contributed by atoms with Gasteiger partial charge in [0.15, 0.2) is 5.82 Å². The Kier molecular flexibility index (Phi) is 9.87. The zero-order chi connectivity index (χ0) is 29.4. The van der Waals surface area contributed by atoms with E-state index in [0.717, 1.165) is 11.6 Å². The number of halogens is 3. The number of amides is 3. The standard InChI is InChI=1S/C24H18ClF2N5O3.CH4O3S/c1-32-13-15(12-29-32)20-9-17(6-7-28-20)35-22-11-19(27)21(10-18(22)25)30-24(34)31-23(33)8-14-2-4-16(26)5-3-14;1-5(2,3)4/h2-7,9-13H,8H2,1H3,(H2,30,31,33,34);1H3,(H,2,3,4). The lowest BCUT2D eigenvalue weighted by molar-refractivity contribution is -0.119. The van der Waals surface area contributed by atoms with Crippen LogP contribution < -0.4 is 15.4 Å². The van der Waals surface area contributed by atoms with E-state index in [1.165, 1.54) is 36.5 Å². The SMILES string of the molecule is CS(=O)(=O)O.Cn1cc(-c2cc(Oc3cc(F)c(NC(=O)NC(=O)Cc4ccc(F)cc4)cc3Cl)ccn2)cn1. The van der Waals surface area contributed by atoms with Gasteiger partial charge in [-0.3, -0.25) is 24.3 Å². The molecule has 210 valence electrons. The molecular weight excluding hydrogens is 572 g/mol. The molecule has 15 heteroatoms. The highest BCUT2D eigenvalue weighted by molar-refractivity contribution is 7.85. The number of hydrogen-bond acceptors (Lipinski definition) is 7. The van der Waals surface area contributed by atoms with E-state index in [1.54, 1.807) is 36.3 Å². The number of hydrogen-bond donors (Lipinski definition) is 3. The van der Waals surface area contributed by atoms with Crippen LogP contribution in [0.15, 0.2) is 67.1 Å². The van der Waals surface area contributed by atoms with Gasteiger partial charge in [-0.25, -0.2) is 13.6 Å². The first kappa shape index (κ1) is 30.1. The predicted molar refractivity (Wildman–Crippen MR) is 143 cm³/mol. The molecule has 4 rings (SSSR count). The topological polar surface area (TPSA) is 153 Å². The van der Waals surface area contributed by atoms with Crippen LogP contribution >= 0.6 is 11.6 Å². The molecule has 0 aliphatic carbocycles. The molecule has 0 atom stereocenters. The molecule has 0 unspecified atom stereocenters. The molecule has 3 N–H and O–H groups in total. The molecule has 40 heavy (non-hydrogen) atoms. The van der Waals surface area contributed by atoms with Crippen molar-refractivity contribution in [1.29, 1.82) is 0 Å². The summed E-state index contributed by atoms with van der Waals surface area (Å²) in [6.45, 7) is 0. The summed E-state index contributed by atoms with van der Waals surface area (Å²) in [6.07, 6.45) is 5.53. The first-order valence-electron chi connectivity index (χ1n) is 11.2. The van der Waals surface area contributed by atoms with E-state index in [4.69, 9.17) is 20.9 Å². The van der Waals surface area contributed by atoms with Gasteiger partial charge < -0.3 is 10.1 Å². The monoisotopic (exact) mass is 593 g/mol. The summed E-state index contributed by atoms with van der Waals surface area (Å²) in [5, 5.41) is 8.44. The average molecular weight is 594 g/mol. The number of carbonyl (C=O) groups is 2. The molecule has 2 heterocycles. The number of urea groups is 1. The van der Waals surface area contributed by atoms with Gasteiger partial charge in [0.25, 0.3) is 10.1 Å². The van der Waals surface area contributed by atoms with E-state index in [2.05, 4.69) is 20.7 Å². The van der Waals surface area contributed by atoms with E-state index < -0.39 is 33.7 Å². The molecule has 0 saturated carbocycles. The van der Waals surface area contributed by atoms with Crippen molar-refractivity contribution in [3.8, 4) is 22.8 Å². The number of imide groups is 1. The number of anilines is 1. The summed E-state index contributed by atoms with van der Waals surface area (Å²) in [6, 6.07) is 9.72. The van der Waals surface area contributed by atoms with Gasteiger partial charge in [-0.05, 0) is 29.8 Å². The van der Waals surface area contributed by atoms with E-state index in [0.29, 0.717) is 23.3 Å². The van der Waals surface area contributed by atoms with Crippen LogP contribution in [0.2, 0.25) is 5.02 Å². The van der Waals surface area contributed by atoms with Crippen molar-refractivity contribution in [1.82, 2.24) is 20.1 Å². The Morgan fingerprint density at radius 2 is 1.80 bits per heavy atom. The molecule has 0 spiro atoms. The Labute approximate surface area is 232 Å². The maximum atomic E-state index is 14.6. The van der Waals surface area contributed by atoms with Gasteiger partial charge in [-0.15, -0.1) is 0 Å². The van der Waals surface area contributed by atoms with Gasteiger partial charge in [-0.1, -0.05) is 23.7 Å². The first-order chi connectivity index (χ1) is 18.8. The van der Waals surface area contributed by atoms with Crippen molar-refractivity contribution in [2.75, 3.05) is 11.6 Å². The summed E-state index contributed by atoms with van der Waals surface area (Å²) in [5.74, 6) is -1.53. The summed E-state index contributed by atoms with van der Waals surface area (Å²) in [4.78, 5) is 28.4. The molecule has 3 amide bonds. The van der Waals surface area contributed by atoms with Crippen LogP contribution in [-0.4, -0.2) is 45.9 Å². The average Bonchev–Trinajstić information content (AvgIpc) is 3.29. The molecule has 0 aliphatic rings. The molecule has 0 bridgehead atoms. The third-order valence-corrected chi connectivity index (χ3v) is 5.06. The molecule has 11 nitrogen and oxygen atoms in total. The van der Waals surface area contributed by atoms with Gasteiger partial charge in [0.2, 0.25) is 5.91 Å². The number of aryl methyl sites for hydroxylation is 1. The maximum absolute atomic E-state index is 14.6. The number of rotatable bonds is 6. The molecule has 0 radical (unpaired) electrons. The third-order valence-electron chi connectivity index (χ3n) is 4.76. The van der Waals surface area contributed by atoms with Gasteiger partial charge in [0, 0.05) is 37.1 Å². The van der Waals surface area contributed by atoms with Crippen LogP contribution in [0.4, 0.5) is 19.3 Å². The van der Waals surface area contributed by atoms with Gasteiger partial charge in [0.1, 0.15) is 17.3 Å². The second-order valence-electron chi connectivity index (χ2n) is 8.18. The lowest BCUT2D eigenvalue weighted by atomic mass is 10.1. The van der Waals surface area contributed by atoms with Crippen molar-refractivity contribution in [3.05, 3.63) is 89.3 Å². The van der Waals surface area contributed by atoms with Crippen LogP contribution in [0.1, 0.15) is 5.56 Å². The molecule has 2 aromatic carbocycles. The summed E-state index contributed by atoms with van der Waals surface area (Å²) < 4.78 is 60.8. The van der Waals surface area contributed by atoms with Crippen LogP contribution in [-0.2, 0) is 28.4 Å². The molecule has 0 saturated heterocycles. The molecule has 0 aliphatic heterocycles. The van der Waals surface area contributed by atoms with E-state index in [-0.39, 0.29) is 22.9 Å². The van der Waals surface area contributed by atoms with Crippen LogP contribution in [0.5, 0.6) is 11.5 Å². The second kappa shape index (κ2) is 13.1. The number of pyridine rings is 1. The third kappa shape index (κ3) is 9.72. The minimum Gasteiger partial charge on any atom is -0.456 e. The number of nitrogens with zero attached hydrogens (tertiary/aromatic N) is 3. The normalized spacial score (nSPS) is 10.8. The fourth-order valence-electron chi connectivity index (χ4n) is 3.13. The minimum atomic E-state index is -3.67. The second-order valence-corrected chi connectivity index (χ2v) is 10.1. The Morgan fingerprint density at radius 1 is 1.12 bits per heavy atom. The largest absolute Gasteiger partial charge is 0.456 e. The maximum Gasteiger partial charge on any atom is 0.325 e. The zero-order valence-electron chi connectivity index (χ0n) is 20.9. The molecule has 4 aromatic rings. The Morgan fingerprint density at radius 3 is 2.42 bits per heavy atom. The number of nitrogens with one attached hydrogen (secondary N) is 2. The highest BCUT2D eigenvalue weighted by Gasteiger charge is 2.15. The Bertz CT molecular complexity index is 1620. The zero-order valence-corrected chi connectivity index (χ0v) is 22.5. The smallest absolute Gasteiger partial charge is 0.325 e. The van der Waals surface area contributed by atoms with E-state index in [9.17, 15) is 26.8 Å². The van der Waals surface area contributed by atoms with Crippen LogP contribution in [0, 0.1) is 11.6 Å². The summed E-state index contributed by atoms with van der Waals surface area (Å²) in [7, 11) is -1.89. The number of ether oxygens (including phenoxy) is 1. The molecular formula is C25H22ClF2N5O6S. The highest BCUT2D eigenvalue weighted by atomic mass is 35.5. The van der Waals surface area contributed by atoms with Crippen LogP contribution in [0.3, 0.4) is 0 Å². The fraction of sp³-hybridized carbons (Fsp3) is 0.120. The lowest BCUT2D eigenvalue weighted by Gasteiger charge is -2.12. The number of benzene rings is 2. The van der Waals surface area contributed by atoms with Crippen molar-refractivity contribution in [2.24, 2.45) is 7.05 Å². The van der Waals surface area contributed by atoms with Crippen molar-refractivity contribution >= 4 is 39.3 Å². The fourth-order valence-corrected chi connectivity index (χ4v) is 3.33. The van der Waals surface area contributed by atoms with E-state index >= 15 is 0 Å². The molecule has 0 fully saturated rings. The minimum absolute atomic E-state index is 0.0193. The van der Waals surface area contributed by atoms with Crippen LogP contribution in [0.25, 0.3) is 11.3 Å². The van der Waals surface area contributed by atoms with Crippen molar-refractivity contribution < 1.29 is 36.1 Å².